The third-order valence-corrected chi connectivity index (χ3v) is 5.17. The van der Waals surface area contributed by atoms with Crippen LogP contribution in [0.15, 0.2) is 24.3 Å². The molecule has 0 spiro atoms. The van der Waals surface area contributed by atoms with Gasteiger partial charge in [-0.1, -0.05) is 0 Å². The van der Waals surface area contributed by atoms with Crippen LogP contribution in [0.5, 0.6) is 0 Å². The second kappa shape index (κ2) is 8.00. The van der Waals surface area contributed by atoms with Crippen LogP contribution >= 0.6 is 0 Å². The molecule has 2 atom stereocenters. The second-order valence-electron chi connectivity index (χ2n) is 6.98. The number of Topliss-reactive ketones (excluding diaryl/α,β-unsaturated/α-hetero) is 1. The van der Waals surface area contributed by atoms with Crippen molar-refractivity contribution >= 4 is 29.3 Å². The zero-order valence-corrected chi connectivity index (χ0v) is 15.6. The van der Waals surface area contributed by atoms with Gasteiger partial charge in [0.15, 0.2) is 5.78 Å². The molecule has 2 aliphatic rings. The van der Waals surface area contributed by atoms with Gasteiger partial charge in [0.1, 0.15) is 0 Å². The Bertz CT molecular complexity index is 758. The van der Waals surface area contributed by atoms with Crippen molar-refractivity contribution in [2.24, 2.45) is 5.92 Å². The summed E-state index contributed by atoms with van der Waals surface area (Å²) in [7, 11) is 0. The number of piperidine rings is 1. The van der Waals surface area contributed by atoms with Crippen LogP contribution in [0.1, 0.15) is 43.5 Å². The molecule has 2 unspecified atom stereocenters. The minimum Gasteiger partial charge on any atom is -0.466 e. The molecule has 0 N–H and O–H groups in total. The summed E-state index contributed by atoms with van der Waals surface area (Å²) in [6.45, 7) is 4.68. The predicted octanol–water partition coefficient (Wildman–Crippen LogP) is 1.80. The Hall–Kier alpha value is -2.54. The fraction of sp³-hybridized carbons (Fsp3) is 0.500. The molecule has 2 saturated heterocycles. The standard InChI is InChI=1S/C20H24N2O5/c1-3-27-20(26)15-5-4-10-21(12-15)17-11-18(24)22(19(17)25)16-8-6-14(7-9-16)13(2)23/h6-9,15,17H,3-5,10-12H2,1-2H3. The minimum absolute atomic E-state index is 0.0724. The molecule has 144 valence electrons. The van der Waals surface area contributed by atoms with Gasteiger partial charge in [0, 0.05) is 12.1 Å². The van der Waals surface area contributed by atoms with E-state index in [0.29, 0.717) is 30.9 Å². The fourth-order valence-corrected chi connectivity index (χ4v) is 3.76. The number of esters is 1. The van der Waals surface area contributed by atoms with Crippen LogP contribution in [-0.2, 0) is 19.1 Å². The van der Waals surface area contributed by atoms with Gasteiger partial charge in [-0.3, -0.25) is 24.1 Å². The van der Waals surface area contributed by atoms with E-state index in [0.717, 1.165) is 12.8 Å². The fourth-order valence-electron chi connectivity index (χ4n) is 3.76. The maximum Gasteiger partial charge on any atom is 0.310 e. The van der Waals surface area contributed by atoms with Crippen molar-refractivity contribution in [2.75, 3.05) is 24.6 Å². The van der Waals surface area contributed by atoms with Gasteiger partial charge in [-0.25, -0.2) is 4.90 Å². The SMILES string of the molecule is CCOC(=O)C1CCCN(C2CC(=O)N(c3ccc(C(C)=O)cc3)C2=O)C1. The van der Waals surface area contributed by atoms with Crippen LogP contribution in [0.2, 0.25) is 0 Å². The quantitative estimate of drug-likeness (QED) is 0.445. The van der Waals surface area contributed by atoms with E-state index in [-0.39, 0.29) is 35.9 Å². The average Bonchev–Trinajstić information content (AvgIpc) is 2.96. The Morgan fingerprint density at radius 1 is 1.19 bits per heavy atom. The monoisotopic (exact) mass is 372 g/mol. The molecule has 0 aliphatic carbocycles. The van der Waals surface area contributed by atoms with E-state index >= 15 is 0 Å². The molecule has 0 saturated carbocycles. The summed E-state index contributed by atoms with van der Waals surface area (Å²) in [5.74, 6) is -1.11. The molecular formula is C20H24N2O5. The Morgan fingerprint density at radius 3 is 2.52 bits per heavy atom. The van der Waals surface area contributed by atoms with Gasteiger partial charge >= 0.3 is 5.97 Å². The molecule has 7 heteroatoms. The minimum atomic E-state index is -0.554. The lowest BCUT2D eigenvalue weighted by Gasteiger charge is -2.34. The van der Waals surface area contributed by atoms with E-state index in [4.69, 9.17) is 4.74 Å². The summed E-state index contributed by atoms with van der Waals surface area (Å²) in [6, 6.07) is 5.91. The predicted molar refractivity (Wildman–Crippen MR) is 98.3 cm³/mol. The van der Waals surface area contributed by atoms with Gasteiger partial charge in [0.2, 0.25) is 5.91 Å². The third kappa shape index (κ3) is 3.93. The van der Waals surface area contributed by atoms with Gasteiger partial charge < -0.3 is 4.74 Å². The first kappa shape index (κ1) is 19.2. The van der Waals surface area contributed by atoms with Crippen molar-refractivity contribution in [2.45, 2.75) is 39.2 Å². The molecule has 2 heterocycles. The van der Waals surface area contributed by atoms with E-state index in [9.17, 15) is 19.2 Å². The maximum absolute atomic E-state index is 12.9. The Balaban J connectivity index is 1.73. The number of carbonyl (C=O) groups is 4. The lowest BCUT2D eigenvalue weighted by Crippen LogP contribution is -2.48. The Morgan fingerprint density at radius 2 is 1.89 bits per heavy atom. The van der Waals surface area contributed by atoms with Crippen molar-refractivity contribution in [1.29, 1.82) is 0 Å². The molecule has 7 nitrogen and oxygen atoms in total. The number of rotatable bonds is 5. The summed E-state index contributed by atoms with van der Waals surface area (Å²) >= 11 is 0. The van der Waals surface area contributed by atoms with Gasteiger partial charge in [-0.2, -0.15) is 0 Å². The number of likely N-dealkylation sites (tertiary alicyclic amines) is 1. The number of hydrogen-bond donors (Lipinski definition) is 0. The summed E-state index contributed by atoms with van der Waals surface area (Å²) in [4.78, 5) is 52.0. The number of nitrogens with zero attached hydrogens (tertiary/aromatic N) is 2. The number of ketones is 1. The first-order chi connectivity index (χ1) is 12.9. The lowest BCUT2D eigenvalue weighted by atomic mass is 9.96. The Kier molecular flexibility index (Phi) is 5.70. The summed E-state index contributed by atoms with van der Waals surface area (Å²) in [5, 5.41) is 0. The number of hydrogen-bond acceptors (Lipinski definition) is 6. The third-order valence-electron chi connectivity index (χ3n) is 5.17. The molecule has 3 rings (SSSR count). The maximum atomic E-state index is 12.9. The first-order valence-corrected chi connectivity index (χ1v) is 9.30. The highest BCUT2D eigenvalue weighted by atomic mass is 16.5. The van der Waals surface area contributed by atoms with Crippen molar-refractivity contribution < 1.29 is 23.9 Å². The highest BCUT2D eigenvalue weighted by molar-refractivity contribution is 6.22. The molecule has 1 aromatic carbocycles. The number of amides is 2. The number of carbonyl (C=O) groups excluding carboxylic acids is 4. The van der Waals surface area contributed by atoms with Gasteiger partial charge in [-0.05, 0) is 57.5 Å². The molecule has 27 heavy (non-hydrogen) atoms. The lowest BCUT2D eigenvalue weighted by molar-refractivity contribution is -0.150. The second-order valence-corrected chi connectivity index (χ2v) is 6.98. The number of imide groups is 1. The van der Waals surface area contributed by atoms with Gasteiger partial charge in [0.05, 0.1) is 30.7 Å². The van der Waals surface area contributed by atoms with Crippen molar-refractivity contribution in [1.82, 2.24) is 4.90 Å². The van der Waals surface area contributed by atoms with E-state index in [1.807, 2.05) is 4.90 Å². The zero-order valence-electron chi connectivity index (χ0n) is 15.6. The molecule has 2 aliphatic heterocycles. The normalized spacial score (nSPS) is 23.6. The molecule has 0 radical (unpaired) electrons. The number of benzene rings is 1. The van der Waals surface area contributed by atoms with Gasteiger partial charge in [-0.15, -0.1) is 0 Å². The van der Waals surface area contributed by atoms with Crippen LogP contribution in [0.4, 0.5) is 5.69 Å². The van der Waals surface area contributed by atoms with Crippen LogP contribution in [0.3, 0.4) is 0 Å². The topological polar surface area (TPSA) is 84.0 Å². The van der Waals surface area contributed by atoms with Gasteiger partial charge in [0.25, 0.3) is 5.91 Å². The van der Waals surface area contributed by atoms with Crippen LogP contribution in [-0.4, -0.2) is 54.2 Å². The molecule has 1 aromatic rings. The largest absolute Gasteiger partial charge is 0.466 e. The molecule has 0 aromatic heterocycles. The average molecular weight is 372 g/mol. The Labute approximate surface area is 158 Å². The van der Waals surface area contributed by atoms with Crippen molar-refractivity contribution in [3.05, 3.63) is 29.8 Å². The van der Waals surface area contributed by atoms with Crippen LogP contribution in [0, 0.1) is 5.92 Å². The molecular weight excluding hydrogens is 348 g/mol. The van der Waals surface area contributed by atoms with Crippen molar-refractivity contribution in [3.8, 4) is 0 Å². The van der Waals surface area contributed by atoms with Crippen molar-refractivity contribution in [3.63, 3.8) is 0 Å². The summed E-state index contributed by atoms with van der Waals surface area (Å²) in [5.41, 5.74) is 0.999. The highest BCUT2D eigenvalue weighted by Crippen LogP contribution is 2.29. The molecule has 0 bridgehead atoms. The number of anilines is 1. The summed E-state index contributed by atoms with van der Waals surface area (Å²) in [6.07, 6.45) is 1.62. The molecule has 2 amide bonds. The van der Waals surface area contributed by atoms with E-state index in [1.165, 1.54) is 11.8 Å². The molecule has 2 fully saturated rings. The van der Waals surface area contributed by atoms with Crippen LogP contribution in [0.25, 0.3) is 0 Å². The van der Waals surface area contributed by atoms with Crippen LogP contribution < -0.4 is 4.90 Å². The highest BCUT2D eigenvalue weighted by Gasteiger charge is 2.44. The number of ether oxygens (including phenoxy) is 1. The summed E-state index contributed by atoms with van der Waals surface area (Å²) < 4.78 is 5.11. The smallest absolute Gasteiger partial charge is 0.310 e. The first-order valence-electron chi connectivity index (χ1n) is 9.30. The van der Waals surface area contributed by atoms with E-state index < -0.39 is 6.04 Å². The van der Waals surface area contributed by atoms with E-state index in [2.05, 4.69) is 0 Å². The van der Waals surface area contributed by atoms with E-state index in [1.54, 1.807) is 31.2 Å². The zero-order chi connectivity index (χ0) is 19.6.